The Morgan fingerprint density at radius 3 is 1.63 bits per heavy atom. The number of carboxylic acid groups (broad SMARTS) is 1. The standard InChI is InChI=1S/C18H23N3O5.C14H15N3O5.ClH/c1-5-25-15(23)11-21-10-13-8-12(9-19-16(13)20-17(21)24)6-7-14(22)26-18(2,3)4;1-2-22-12(20)8-17-7-10-5-9(3-4-11(18)19)6-15-13(10)16-14(17)21;/h6-9H,5,10-11H2,1-4H3,(H,19,20,24);3-6H,2,7-8H2,1H3,(H,18,19)(H,15,16,21);1H/b7-6+;4-3+;. The molecule has 4 amide bonds. The van der Waals surface area contributed by atoms with Crippen LogP contribution in [0.25, 0.3) is 12.2 Å². The highest BCUT2D eigenvalue weighted by Crippen LogP contribution is 2.24. The van der Waals surface area contributed by atoms with Crippen LogP contribution in [-0.4, -0.2) is 92.7 Å². The number of pyridine rings is 2. The number of halogens is 1. The lowest BCUT2D eigenvalue weighted by molar-refractivity contribution is -0.148. The fourth-order valence-electron chi connectivity index (χ4n) is 4.27. The van der Waals surface area contributed by atoms with E-state index in [4.69, 9.17) is 19.3 Å². The first-order chi connectivity index (χ1) is 22.7. The van der Waals surface area contributed by atoms with Gasteiger partial charge in [0.2, 0.25) is 0 Å². The van der Waals surface area contributed by atoms with Gasteiger partial charge < -0.3 is 29.1 Å². The van der Waals surface area contributed by atoms with Crippen molar-refractivity contribution in [2.75, 3.05) is 36.9 Å². The molecule has 16 nitrogen and oxygen atoms in total. The Bertz CT molecular complexity index is 1620. The molecule has 49 heavy (non-hydrogen) atoms. The largest absolute Gasteiger partial charge is 0.478 e. The molecule has 0 fully saturated rings. The normalized spacial score (nSPS) is 13.6. The number of esters is 3. The lowest BCUT2D eigenvalue weighted by atomic mass is 10.1. The molecule has 0 spiro atoms. The van der Waals surface area contributed by atoms with E-state index in [1.165, 1.54) is 28.1 Å². The third-order valence-corrected chi connectivity index (χ3v) is 6.21. The maximum atomic E-state index is 12.0. The van der Waals surface area contributed by atoms with Crippen LogP contribution < -0.4 is 10.6 Å². The van der Waals surface area contributed by atoms with Gasteiger partial charge in [-0.3, -0.25) is 20.2 Å². The summed E-state index contributed by atoms with van der Waals surface area (Å²) in [5.41, 5.74) is 2.14. The number of aromatic nitrogens is 2. The summed E-state index contributed by atoms with van der Waals surface area (Å²) in [6, 6.07) is 2.66. The molecule has 264 valence electrons. The molecule has 0 saturated carbocycles. The van der Waals surface area contributed by atoms with Gasteiger partial charge >= 0.3 is 35.9 Å². The van der Waals surface area contributed by atoms with Crippen molar-refractivity contribution in [1.82, 2.24) is 19.8 Å². The second kappa shape index (κ2) is 18.1. The number of carboxylic acids is 1. The Labute approximate surface area is 288 Å². The topological polar surface area (TPSA) is 207 Å². The van der Waals surface area contributed by atoms with Gasteiger partial charge in [-0.25, -0.2) is 29.1 Å². The molecule has 0 radical (unpaired) electrons. The van der Waals surface area contributed by atoms with Gasteiger partial charge in [0.1, 0.15) is 30.3 Å². The summed E-state index contributed by atoms with van der Waals surface area (Å²) in [7, 11) is 0. The van der Waals surface area contributed by atoms with Gasteiger partial charge in [-0.15, -0.1) is 12.4 Å². The maximum Gasteiger partial charge on any atom is 0.331 e. The van der Waals surface area contributed by atoms with E-state index in [1.54, 1.807) is 59.0 Å². The number of amides is 4. The van der Waals surface area contributed by atoms with Crippen LogP contribution in [-0.2, 0) is 46.5 Å². The molecule has 0 aliphatic carbocycles. The van der Waals surface area contributed by atoms with Crippen LogP contribution in [0.5, 0.6) is 0 Å². The predicted octanol–water partition coefficient (Wildman–Crippen LogP) is 3.86. The highest BCUT2D eigenvalue weighted by molar-refractivity contribution is 5.94. The summed E-state index contributed by atoms with van der Waals surface area (Å²) >= 11 is 0. The van der Waals surface area contributed by atoms with Gasteiger partial charge in [-0.1, -0.05) is 0 Å². The number of ether oxygens (including phenoxy) is 3. The molecular formula is C32H39ClN6O10. The first-order valence-electron chi connectivity index (χ1n) is 14.9. The Morgan fingerprint density at radius 2 is 1.24 bits per heavy atom. The minimum atomic E-state index is -1.06. The van der Waals surface area contributed by atoms with E-state index in [-0.39, 0.29) is 51.8 Å². The van der Waals surface area contributed by atoms with Crippen LogP contribution in [0.1, 0.15) is 56.9 Å². The van der Waals surface area contributed by atoms with Crippen LogP contribution in [0.15, 0.2) is 36.7 Å². The van der Waals surface area contributed by atoms with E-state index < -0.39 is 41.5 Å². The number of nitrogens with zero attached hydrogens (tertiary/aromatic N) is 4. The van der Waals surface area contributed by atoms with Crippen LogP contribution in [0.2, 0.25) is 0 Å². The molecule has 3 N–H and O–H groups in total. The second-order valence-corrected chi connectivity index (χ2v) is 11.3. The van der Waals surface area contributed by atoms with E-state index in [1.807, 2.05) is 0 Å². The smallest absolute Gasteiger partial charge is 0.331 e. The average Bonchev–Trinajstić information content (AvgIpc) is 2.99. The lowest BCUT2D eigenvalue weighted by Crippen LogP contribution is -2.42. The summed E-state index contributed by atoms with van der Waals surface area (Å²) < 4.78 is 14.9. The molecule has 4 heterocycles. The molecule has 0 unspecified atom stereocenters. The van der Waals surface area contributed by atoms with Gasteiger partial charge in [-0.2, -0.15) is 0 Å². The first-order valence-corrected chi connectivity index (χ1v) is 14.9. The lowest BCUT2D eigenvalue weighted by Gasteiger charge is -2.27. The molecule has 4 rings (SSSR count). The molecule has 0 atom stereocenters. The Kier molecular flexibility index (Phi) is 14.7. The van der Waals surface area contributed by atoms with Gasteiger partial charge in [0.05, 0.1) is 26.3 Å². The van der Waals surface area contributed by atoms with Crippen molar-refractivity contribution in [3.8, 4) is 0 Å². The minimum absolute atomic E-state index is 0. The fourth-order valence-corrected chi connectivity index (χ4v) is 4.27. The SMILES string of the molecule is CCOC(=O)CN1Cc2cc(/C=C/C(=O)O)cnc2NC1=O.CCOC(=O)CN1Cc2cc(/C=C/C(=O)OC(C)(C)C)cnc2NC1=O.Cl. The summed E-state index contributed by atoms with van der Waals surface area (Å²) in [5.74, 6) is -1.64. The zero-order valence-corrected chi connectivity index (χ0v) is 28.5. The van der Waals surface area contributed by atoms with E-state index in [9.17, 15) is 28.8 Å². The molecule has 2 aromatic rings. The van der Waals surface area contributed by atoms with Crippen LogP contribution in [0.4, 0.5) is 21.2 Å². The number of hydrogen-bond donors (Lipinski definition) is 3. The third-order valence-electron chi connectivity index (χ3n) is 6.21. The molecule has 2 aliphatic heterocycles. The van der Waals surface area contributed by atoms with E-state index in [0.29, 0.717) is 28.3 Å². The van der Waals surface area contributed by atoms with Gasteiger partial charge in [-0.05, 0) is 70.0 Å². The minimum Gasteiger partial charge on any atom is -0.478 e. The van der Waals surface area contributed by atoms with Crippen molar-refractivity contribution in [2.24, 2.45) is 0 Å². The first kappa shape index (κ1) is 39.7. The highest BCUT2D eigenvalue weighted by Gasteiger charge is 2.27. The zero-order valence-electron chi connectivity index (χ0n) is 27.7. The summed E-state index contributed by atoms with van der Waals surface area (Å²) in [6.45, 7) is 9.39. The maximum absolute atomic E-state index is 12.0. The fraction of sp³-hybridized carbons (Fsp3) is 0.375. The molecule has 17 heteroatoms. The van der Waals surface area contributed by atoms with Crippen molar-refractivity contribution < 1.29 is 48.1 Å². The summed E-state index contributed by atoms with van der Waals surface area (Å²) in [6.07, 6.45) is 8.32. The Hall–Kier alpha value is -5.51. The number of hydrogen-bond acceptors (Lipinski definition) is 11. The average molecular weight is 703 g/mol. The van der Waals surface area contributed by atoms with E-state index in [0.717, 1.165) is 11.6 Å². The molecule has 2 aliphatic rings. The van der Waals surface area contributed by atoms with Crippen LogP contribution >= 0.6 is 12.4 Å². The van der Waals surface area contributed by atoms with Gasteiger partial charge in [0.25, 0.3) is 0 Å². The number of rotatable bonds is 10. The van der Waals surface area contributed by atoms with Gasteiger partial charge in [0.15, 0.2) is 0 Å². The number of nitrogens with one attached hydrogen (secondary N) is 2. The molecule has 2 aromatic heterocycles. The van der Waals surface area contributed by atoms with Crippen molar-refractivity contribution in [3.05, 3.63) is 58.9 Å². The van der Waals surface area contributed by atoms with Crippen LogP contribution in [0.3, 0.4) is 0 Å². The Morgan fingerprint density at radius 1 is 0.816 bits per heavy atom. The number of carbonyl (C=O) groups is 6. The zero-order chi connectivity index (χ0) is 35.4. The van der Waals surface area contributed by atoms with Crippen molar-refractivity contribution >= 4 is 72.1 Å². The van der Waals surface area contributed by atoms with Crippen molar-refractivity contribution in [3.63, 3.8) is 0 Å². The summed E-state index contributed by atoms with van der Waals surface area (Å²) in [4.78, 5) is 80.2. The number of aliphatic carboxylic acids is 1. The Balaban J connectivity index is 0.000000338. The number of fused-ring (bicyclic) bond motifs is 2. The number of carbonyl (C=O) groups excluding carboxylic acids is 5. The quantitative estimate of drug-likeness (QED) is 0.183. The summed E-state index contributed by atoms with van der Waals surface area (Å²) in [5, 5.41) is 13.8. The second-order valence-electron chi connectivity index (χ2n) is 11.3. The molecule has 0 bridgehead atoms. The van der Waals surface area contributed by atoms with Crippen molar-refractivity contribution in [1.29, 1.82) is 0 Å². The van der Waals surface area contributed by atoms with E-state index in [2.05, 4.69) is 20.6 Å². The molecular weight excluding hydrogens is 664 g/mol. The number of anilines is 2. The van der Waals surface area contributed by atoms with Gasteiger partial charge in [0, 0.05) is 35.7 Å². The molecule has 0 saturated heterocycles. The van der Waals surface area contributed by atoms with E-state index >= 15 is 0 Å². The highest BCUT2D eigenvalue weighted by atomic mass is 35.5. The van der Waals surface area contributed by atoms with Crippen molar-refractivity contribution in [2.45, 2.75) is 53.3 Å². The third kappa shape index (κ3) is 12.9. The monoisotopic (exact) mass is 702 g/mol. The van der Waals surface area contributed by atoms with Crippen LogP contribution in [0, 0.1) is 0 Å². The molecule has 0 aromatic carbocycles. The number of urea groups is 2. The predicted molar refractivity (Wildman–Crippen MR) is 179 cm³/mol.